The number of hydrogen-bond donors (Lipinski definition) is 4. The van der Waals surface area contributed by atoms with Gasteiger partial charge in [0, 0.05) is 34.0 Å². The van der Waals surface area contributed by atoms with Crippen LogP contribution in [0.5, 0.6) is 11.5 Å². The molecule has 3 aromatic heterocycles. The minimum atomic E-state index is -1.31. The number of ether oxygens (including phenoxy) is 2. The molecule has 5 unspecified atom stereocenters. The van der Waals surface area contributed by atoms with Crippen LogP contribution in [0.1, 0.15) is 62.1 Å². The summed E-state index contributed by atoms with van der Waals surface area (Å²) in [6.45, 7) is 7.32. The average molecular weight is 767 g/mol. The predicted octanol–water partition coefficient (Wildman–Crippen LogP) is 7.08. The Morgan fingerprint density at radius 3 is 2.59 bits per heavy atom. The summed E-state index contributed by atoms with van der Waals surface area (Å²) in [6, 6.07) is 15.6. The van der Waals surface area contributed by atoms with Gasteiger partial charge in [-0.25, -0.2) is 4.98 Å². The summed E-state index contributed by atoms with van der Waals surface area (Å²) in [4.78, 5) is 40.4. The van der Waals surface area contributed by atoms with Crippen LogP contribution in [0.4, 0.5) is 0 Å². The second kappa shape index (κ2) is 11.6. The third kappa shape index (κ3) is 4.47. The molecule has 274 valence electrons. The van der Waals surface area contributed by atoms with Gasteiger partial charge in [0.1, 0.15) is 34.8 Å². The van der Waals surface area contributed by atoms with Crippen LogP contribution in [0.2, 0.25) is 10.3 Å². The SMILES string of the molecule is CC(C)C(O)C(=O)NC1Cc2ccc3c(c2)C24c5cccc(c5OC2O3)-c2cccc3[nH]c(Cl)c(c23)-c2oc(nc2Cl)-c2nc(oc24)C(C(C)C)NC1=O. The summed E-state index contributed by atoms with van der Waals surface area (Å²) in [6.07, 6.45) is -2.14. The highest BCUT2D eigenvalue weighted by Crippen LogP contribution is 2.63. The number of carbonyl (C=O) groups is 2. The Balaban J connectivity index is 1.30. The summed E-state index contributed by atoms with van der Waals surface area (Å²) in [5, 5.41) is 17.7. The van der Waals surface area contributed by atoms with Crippen LogP contribution < -0.4 is 20.1 Å². The number of halogens is 2. The number of carbonyl (C=O) groups excluding carboxylic acids is 2. The third-order valence-electron chi connectivity index (χ3n) is 11.0. The fraction of sp³-hybridized carbons (Fsp3) is 0.300. The van der Waals surface area contributed by atoms with E-state index in [4.69, 9.17) is 51.5 Å². The van der Waals surface area contributed by atoms with E-state index < -0.39 is 41.7 Å². The van der Waals surface area contributed by atoms with Gasteiger partial charge in [-0.15, -0.1) is 0 Å². The number of rotatable bonds is 4. The molecule has 10 bridgehead atoms. The van der Waals surface area contributed by atoms with E-state index in [2.05, 4.69) is 15.6 Å². The fourth-order valence-corrected chi connectivity index (χ4v) is 8.83. The van der Waals surface area contributed by atoms with Gasteiger partial charge in [-0.05, 0) is 35.1 Å². The second-order valence-corrected chi connectivity index (χ2v) is 15.7. The number of oxazole rings is 2. The number of hydrogen-bond acceptors (Lipinski definition) is 9. The van der Waals surface area contributed by atoms with Gasteiger partial charge in [-0.3, -0.25) is 9.59 Å². The van der Waals surface area contributed by atoms with Gasteiger partial charge in [0.2, 0.25) is 17.7 Å². The number of aromatic amines is 1. The Labute approximate surface area is 318 Å². The Hall–Kier alpha value is -5.30. The van der Waals surface area contributed by atoms with Crippen molar-refractivity contribution in [3.8, 4) is 45.5 Å². The monoisotopic (exact) mass is 765 g/mol. The molecule has 1 spiro atoms. The van der Waals surface area contributed by atoms with Crippen LogP contribution in [0, 0.1) is 11.8 Å². The standard InChI is InChI=1S/C40H33Cl2N5O7/c1-15(2)27-37-46-28-32(54-37)40-20-9-5-8-19(18-7-6-10-22-25(18)26(33(41)43-22)31-34(42)47-38(28)52-31)30(20)53-39(40)51-24-12-11-17(13-21(24)40)14-23(35(49)45-27)44-36(50)29(48)16(3)4/h5-13,15-16,23,27,29,39,43,48H,14H2,1-4H3,(H,44,50)(H,45,49). The molecular weight excluding hydrogens is 733 g/mol. The molecule has 0 radical (unpaired) electrons. The molecule has 6 aromatic rings. The highest BCUT2D eigenvalue weighted by atomic mass is 35.5. The van der Waals surface area contributed by atoms with Crippen LogP contribution in [-0.4, -0.2) is 50.3 Å². The second-order valence-electron chi connectivity index (χ2n) is 15.0. The van der Waals surface area contributed by atoms with Crippen molar-refractivity contribution in [2.75, 3.05) is 0 Å². The number of aliphatic hydroxyl groups excluding tert-OH is 1. The van der Waals surface area contributed by atoms with Crippen molar-refractivity contribution in [1.82, 2.24) is 25.6 Å². The number of amides is 2. The van der Waals surface area contributed by atoms with Crippen molar-refractivity contribution in [2.24, 2.45) is 11.8 Å². The number of nitrogens with zero attached hydrogens (tertiary/aromatic N) is 2. The van der Waals surface area contributed by atoms with Crippen molar-refractivity contribution in [1.29, 1.82) is 0 Å². The Bertz CT molecular complexity index is 2590. The third-order valence-corrected chi connectivity index (χ3v) is 11.6. The van der Waals surface area contributed by atoms with Crippen LogP contribution in [0.25, 0.3) is 44.9 Å². The number of para-hydroxylation sites is 1. The average Bonchev–Trinajstić information content (AvgIpc) is 3.94. The number of benzene rings is 3. The maximum absolute atomic E-state index is 14.2. The quantitative estimate of drug-likeness (QED) is 0.147. The van der Waals surface area contributed by atoms with Gasteiger partial charge in [-0.1, -0.05) is 93.4 Å². The van der Waals surface area contributed by atoms with Crippen LogP contribution in [-0.2, 0) is 21.4 Å². The molecule has 14 heteroatoms. The predicted molar refractivity (Wildman–Crippen MR) is 198 cm³/mol. The molecule has 10 rings (SSSR count). The molecule has 4 N–H and O–H groups in total. The number of aromatic nitrogens is 3. The number of fused-ring (bicyclic) bond motifs is 7. The van der Waals surface area contributed by atoms with Crippen molar-refractivity contribution >= 4 is 45.9 Å². The molecule has 5 atom stereocenters. The van der Waals surface area contributed by atoms with Crippen LogP contribution in [0.15, 0.2) is 63.4 Å². The summed E-state index contributed by atoms with van der Waals surface area (Å²) < 4.78 is 27.1. The summed E-state index contributed by atoms with van der Waals surface area (Å²) in [5.74, 6) is 0.243. The van der Waals surface area contributed by atoms with E-state index in [1.807, 2.05) is 68.4 Å². The van der Waals surface area contributed by atoms with E-state index in [-0.39, 0.29) is 46.6 Å². The van der Waals surface area contributed by atoms with E-state index in [0.29, 0.717) is 33.5 Å². The van der Waals surface area contributed by atoms with Gasteiger partial charge in [0.15, 0.2) is 27.8 Å². The summed E-state index contributed by atoms with van der Waals surface area (Å²) >= 11 is 13.8. The van der Waals surface area contributed by atoms with Gasteiger partial charge >= 0.3 is 0 Å². The summed E-state index contributed by atoms with van der Waals surface area (Å²) in [5.41, 5.74) is 4.08. The number of nitrogens with one attached hydrogen (secondary N) is 3. The topological polar surface area (TPSA) is 165 Å². The first kappa shape index (κ1) is 33.3. The molecule has 0 saturated heterocycles. The van der Waals surface area contributed by atoms with Crippen molar-refractivity contribution in [3.05, 3.63) is 93.2 Å². The highest BCUT2D eigenvalue weighted by molar-refractivity contribution is 6.37. The maximum atomic E-state index is 14.2. The highest BCUT2D eigenvalue weighted by Gasteiger charge is 2.63. The van der Waals surface area contributed by atoms with Gasteiger partial charge in [-0.2, -0.15) is 4.98 Å². The van der Waals surface area contributed by atoms with Crippen molar-refractivity contribution < 1.29 is 33.0 Å². The Kier molecular flexibility index (Phi) is 7.15. The van der Waals surface area contributed by atoms with E-state index in [1.165, 1.54) is 0 Å². The lowest BCUT2D eigenvalue weighted by atomic mass is 9.72. The molecule has 4 aliphatic rings. The lowest BCUT2D eigenvalue weighted by Gasteiger charge is -2.28. The van der Waals surface area contributed by atoms with E-state index in [0.717, 1.165) is 33.2 Å². The number of H-pyrrole nitrogens is 1. The molecule has 3 aromatic carbocycles. The normalized spacial score (nSPS) is 22.2. The molecule has 0 saturated carbocycles. The molecule has 2 amide bonds. The zero-order valence-corrected chi connectivity index (χ0v) is 30.9. The molecule has 7 heterocycles. The first-order valence-corrected chi connectivity index (χ1v) is 18.6. The van der Waals surface area contributed by atoms with Crippen molar-refractivity contribution in [3.63, 3.8) is 0 Å². The van der Waals surface area contributed by atoms with Gasteiger partial charge < -0.3 is 39.0 Å². The molecule has 12 nitrogen and oxygen atoms in total. The van der Waals surface area contributed by atoms with Crippen LogP contribution in [0.3, 0.4) is 0 Å². The minimum Gasteiger partial charge on any atom is -0.453 e. The molecule has 4 aliphatic heterocycles. The number of aliphatic hydroxyl groups is 1. The van der Waals surface area contributed by atoms with Gasteiger partial charge in [0.05, 0.1) is 5.56 Å². The first-order chi connectivity index (χ1) is 25.9. The Morgan fingerprint density at radius 1 is 1.00 bits per heavy atom. The first-order valence-electron chi connectivity index (χ1n) is 17.8. The van der Waals surface area contributed by atoms with Gasteiger partial charge in [0.25, 0.3) is 12.2 Å². The van der Waals surface area contributed by atoms with Crippen LogP contribution >= 0.6 is 23.2 Å². The summed E-state index contributed by atoms with van der Waals surface area (Å²) in [7, 11) is 0. The Morgan fingerprint density at radius 2 is 1.80 bits per heavy atom. The van der Waals surface area contributed by atoms with E-state index >= 15 is 0 Å². The lowest BCUT2D eigenvalue weighted by Crippen LogP contribution is -2.52. The zero-order valence-electron chi connectivity index (χ0n) is 29.4. The molecule has 0 aliphatic carbocycles. The maximum Gasteiger partial charge on any atom is 0.262 e. The fourth-order valence-electron chi connectivity index (χ4n) is 8.34. The van der Waals surface area contributed by atoms with Crippen molar-refractivity contribution in [2.45, 2.75) is 64.0 Å². The van der Waals surface area contributed by atoms with E-state index in [9.17, 15) is 14.7 Å². The largest absolute Gasteiger partial charge is 0.453 e. The van der Waals surface area contributed by atoms with E-state index in [1.54, 1.807) is 13.8 Å². The zero-order chi connectivity index (χ0) is 37.4. The lowest BCUT2D eigenvalue weighted by molar-refractivity contribution is -0.135. The molecule has 0 fully saturated rings. The smallest absolute Gasteiger partial charge is 0.262 e. The molecule has 54 heavy (non-hydrogen) atoms. The minimum absolute atomic E-state index is 0.0716. The molecular formula is C40H33Cl2N5O7.